The number of aliphatic hydroxyl groups is 1. The maximum absolute atomic E-state index is 13.3. The fourth-order valence-corrected chi connectivity index (χ4v) is 2.05. The van der Waals surface area contributed by atoms with Gasteiger partial charge in [0.05, 0.1) is 6.10 Å². The zero-order valence-electron chi connectivity index (χ0n) is 9.10. The van der Waals surface area contributed by atoms with Crippen LogP contribution in [0.25, 0.3) is 0 Å². The Kier molecular flexibility index (Phi) is 3.85. The van der Waals surface area contributed by atoms with Gasteiger partial charge in [-0.05, 0) is 37.3 Å². The van der Waals surface area contributed by atoms with Crippen LogP contribution >= 0.6 is 0 Å². The third-order valence-corrected chi connectivity index (χ3v) is 3.00. The first kappa shape index (κ1) is 11.5. The standard InChI is InChI=1S/C12H16FNO2/c13-10-2-1-5-14-12(10)11(15)8-9-3-6-16-7-4-9/h1-2,5,9,11,15H,3-4,6-8H2. The fourth-order valence-electron chi connectivity index (χ4n) is 2.05. The topological polar surface area (TPSA) is 42.4 Å². The van der Waals surface area contributed by atoms with Crippen molar-refractivity contribution < 1.29 is 14.2 Å². The van der Waals surface area contributed by atoms with Gasteiger partial charge in [-0.15, -0.1) is 0 Å². The SMILES string of the molecule is OC(CC1CCOCC1)c1ncccc1F. The van der Waals surface area contributed by atoms with Gasteiger partial charge < -0.3 is 9.84 Å². The summed E-state index contributed by atoms with van der Waals surface area (Å²) in [6, 6.07) is 2.86. The minimum absolute atomic E-state index is 0.161. The van der Waals surface area contributed by atoms with Crippen LogP contribution in [0.3, 0.4) is 0 Å². The highest BCUT2D eigenvalue weighted by Gasteiger charge is 2.21. The average Bonchev–Trinajstić information content (AvgIpc) is 2.31. The summed E-state index contributed by atoms with van der Waals surface area (Å²) in [6.07, 6.45) is 3.14. The molecule has 1 unspecified atom stereocenters. The zero-order valence-corrected chi connectivity index (χ0v) is 9.10. The van der Waals surface area contributed by atoms with Crippen molar-refractivity contribution in [2.45, 2.75) is 25.4 Å². The van der Waals surface area contributed by atoms with Crippen molar-refractivity contribution in [3.63, 3.8) is 0 Å². The van der Waals surface area contributed by atoms with Gasteiger partial charge in [-0.1, -0.05) is 0 Å². The summed E-state index contributed by atoms with van der Waals surface area (Å²) in [5, 5.41) is 9.91. The van der Waals surface area contributed by atoms with Crippen LogP contribution in [0.1, 0.15) is 31.1 Å². The predicted octanol–water partition coefficient (Wildman–Crippen LogP) is 2.07. The summed E-state index contributed by atoms with van der Waals surface area (Å²) in [4.78, 5) is 3.89. The van der Waals surface area contributed by atoms with Crippen molar-refractivity contribution in [1.82, 2.24) is 4.98 Å². The number of ether oxygens (including phenoxy) is 1. The second kappa shape index (κ2) is 5.37. The normalized spacial score (nSPS) is 19.6. The summed E-state index contributed by atoms with van der Waals surface area (Å²) >= 11 is 0. The van der Waals surface area contributed by atoms with Gasteiger partial charge in [0.1, 0.15) is 11.5 Å². The Bertz CT molecular complexity index is 340. The van der Waals surface area contributed by atoms with Gasteiger partial charge in [-0.3, -0.25) is 4.98 Å². The van der Waals surface area contributed by atoms with Gasteiger partial charge in [-0.25, -0.2) is 4.39 Å². The number of halogens is 1. The lowest BCUT2D eigenvalue weighted by molar-refractivity contribution is 0.0419. The maximum Gasteiger partial charge on any atom is 0.147 e. The molecular weight excluding hydrogens is 209 g/mol. The smallest absolute Gasteiger partial charge is 0.147 e. The van der Waals surface area contributed by atoms with Gasteiger partial charge in [0.25, 0.3) is 0 Å². The Balaban J connectivity index is 1.96. The minimum Gasteiger partial charge on any atom is -0.387 e. The molecule has 1 aliphatic heterocycles. The molecule has 0 bridgehead atoms. The lowest BCUT2D eigenvalue weighted by atomic mass is 9.92. The third kappa shape index (κ3) is 2.77. The summed E-state index contributed by atoms with van der Waals surface area (Å²) in [6.45, 7) is 1.48. The molecule has 1 N–H and O–H groups in total. The number of aromatic nitrogens is 1. The van der Waals surface area contributed by atoms with Crippen molar-refractivity contribution >= 4 is 0 Å². The van der Waals surface area contributed by atoms with E-state index in [1.54, 1.807) is 0 Å². The first-order valence-electron chi connectivity index (χ1n) is 5.63. The van der Waals surface area contributed by atoms with Gasteiger partial charge in [0, 0.05) is 19.4 Å². The minimum atomic E-state index is -0.802. The lowest BCUT2D eigenvalue weighted by Crippen LogP contribution is -2.18. The molecule has 0 amide bonds. The molecular formula is C12H16FNO2. The molecule has 1 aromatic heterocycles. The second-order valence-corrected chi connectivity index (χ2v) is 4.18. The van der Waals surface area contributed by atoms with Crippen LogP contribution in [0.4, 0.5) is 4.39 Å². The molecule has 3 nitrogen and oxygen atoms in total. The molecule has 1 fully saturated rings. The summed E-state index contributed by atoms with van der Waals surface area (Å²) < 4.78 is 18.6. The van der Waals surface area contributed by atoms with Gasteiger partial charge >= 0.3 is 0 Å². The summed E-state index contributed by atoms with van der Waals surface area (Å²) in [5.74, 6) is -0.0211. The van der Waals surface area contributed by atoms with E-state index in [0.29, 0.717) is 12.3 Å². The van der Waals surface area contributed by atoms with Crippen LogP contribution in [0.15, 0.2) is 18.3 Å². The first-order valence-corrected chi connectivity index (χ1v) is 5.63. The van der Waals surface area contributed by atoms with E-state index in [-0.39, 0.29) is 5.69 Å². The molecule has 88 valence electrons. The second-order valence-electron chi connectivity index (χ2n) is 4.18. The molecule has 1 atom stereocenters. The van der Waals surface area contributed by atoms with E-state index in [0.717, 1.165) is 26.1 Å². The van der Waals surface area contributed by atoms with Crippen molar-refractivity contribution in [1.29, 1.82) is 0 Å². The molecule has 1 aromatic rings. The molecule has 4 heteroatoms. The van der Waals surface area contributed by atoms with Crippen molar-refractivity contribution in [2.24, 2.45) is 5.92 Å². The molecule has 1 saturated heterocycles. The van der Waals surface area contributed by atoms with Crippen LogP contribution in [0.5, 0.6) is 0 Å². The Morgan fingerprint density at radius 2 is 2.25 bits per heavy atom. The van der Waals surface area contributed by atoms with E-state index in [9.17, 15) is 9.50 Å². The number of rotatable bonds is 3. The number of hydrogen-bond donors (Lipinski definition) is 1. The average molecular weight is 225 g/mol. The Labute approximate surface area is 94.3 Å². The Morgan fingerprint density at radius 3 is 2.94 bits per heavy atom. The van der Waals surface area contributed by atoms with Crippen molar-refractivity contribution in [3.8, 4) is 0 Å². The van der Waals surface area contributed by atoms with Gasteiger partial charge in [0.15, 0.2) is 0 Å². The van der Waals surface area contributed by atoms with E-state index >= 15 is 0 Å². The van der Waals surface area contributed by atoms with E-state index in [1.807, 2.05) is 0 Å². The van der Waals surface area contributed by atoms with E-state index in [1.165, 1.54) is 18.3 Å². The first-order chi connectivity index (χ1) is 7.77. The number of aliphatic hydroxyl groups excluding tert-OH is 1. The van der Waals surface area contributed by atoms with Gasteiger partial charge in [-0.2, -0.15) is 0 Å². The highest BCUT2D eigenvalue weighted by atomic mass is 19.1. The van der Waals surface area contributed by atoms with Crippen molar-refractivity contribution in [2.75, 3.05) is 13.2 Å². The van der Waals surface area contributed by atoms with E-state index in [4.69, 9.17) is 4.74 Å². The third-order valence-electron chi connectivity index (χ3n) is 3.00. The van der Waals surface area contributed by atoms with E-state index < -0.39 is 11.9 Å². The fraction of sp³-hybridized carbons (Fsp3) is 0.583. The van der Waals surface area contributed by atoms with E-state index in [2.05, 4.69) is 4.98 Å². The summed E-state index contributed by atoms with van der Waals surface area (Å²) in [7, 11) is 0. The number of hydrogen-bond acceptors (Lipinski definition) is 3. The van der Waals surface area contributed by atoms with Crippen LogP contribution in [0, 0.1) is 11.7 Å². The molecule has 0 saturated carbocycles. The van der Waals surface area contributed by atoms with Crippen LogP contribution in [-0.2, 0) is 4.74 Å². The molecule has 2 heterocycles. The lowest BCUT2D eigenvalue weighted by Gasteiger charge is -2.24. The van der Waals surface area contributed by atoms with Crippen LogP contribution < -0.4 is 0 Å². The monoisotopic (exact) mass is 225 g/mol. The molecule has 1 aliphatic rings. The largest absolute Gasteiger partial charge is 0.387 e. The molecule has 0 aliphatic carbocycles. The number of nitrogens with zero attached hydrogens (tertiary/aromatic N) is 1. The molecule has 2 rings (SSSR count). The molecule has 16 heavy (non-hydrogen) atoms. The quantitative estimate of drug-likeness (QED) is 0.856. The number of pyridine rings is 1. The van der Waals surface area contributed by atoms with Gasteiger partial charge in [0.2, 0.25) is 0 Å². The van der Waals surface area contributed by atoms with Crippen LogP contribution in [-0.4, -0.2) is 23.3 Å². The zero-order chi connectivity index (χ0) is 11.4. The maximum atomic E-state index is 13.3. The molecule has 0 spiro atoms. The highest BCUT2D eigenvalue weighted by Crippen LogP contribution is 2.27. The molecule has 0 aromatic carbocycles. The highest BCUT2D eigenvalue weighted by molar-refractivity contribution is 5.09. The molecule has 0 radical (unpaired) electrons. The Morgan fingerprint density at radius 1 is 1.50 bits per heavy atom. The summed E-state index contributed by atoms with van der Waals surface area (Å²) in [5.41, 5.74) is 0.161. The Hall–Kier alpha value is -1.00. The predicted molar refractivity (Wildman–Crippen MR) is 57.3 cm³/mol. The van der Waals surface area contributed by atoms with Crippen LogP contribution in [0.2, 0.25) is 0 Å². The van der Waals surface area contributed by atoms with Crippen molar-refractivity contribution in [3.05, 3.63) is 29.8 Å².